The van der Waals surface area contributed by atoms with Gasteiger partial charge in [0, 0.05) is 5.56 Å². The monoisotopic (exact) mass is 228 g/mol. The van der Waals surface area contributed by atoms with Crippen LogP contribution in [0.1, 0.15) is 12.5 Å². The highest BCUT2D eigenvalue weighted by Gasteiger charge is 2.04. The number of phenolic OH excluding ortho intramolecular Hbond substituents is 1. The van der Waals surface area contributed by atoms with E-state index in [2.05, 4.69) is 0 Å². The smallest absolute Gasteiger partial charge is 0.123 e. The number of aromatic hydroxyl groups is 1. The normalized spacial score (nSPS) is 10.2. The van der Waals surface area contributed by atoms with Gasteiger partial charge in [-0.1, -0.05) is 23.8 Å². The molecule has 0 saturated heterocycles. The lowest BCUT2D eigenvalue weighted by atomic mass is 10.0. The van der Waals surface area contributed by atoms with Crippen molar-refractivity contribution in [2.45, 2.75) is 13.8 Å². The molecule has 2 nitrogen and oxygen atoms in total. The van der Waals surface area contributed by atoms with E-state index >= 15 is 0 Å². The number of benzene rings is 2. The number of hydrogen-bond acceptors (Lipinski definition) is 2. The van der Waals surface area contributed by atoms with E-state index in [1.165, 1.54) is 0 Å². The van der Waals surface area contributed by atoms with E-state index < -0.39 is 0 Å². The van der Waals surface area contributed by atoms with Crippen LogP contribution in [0.3, 0.4) is 0 Å². The van der Waals surface area contributed by atoms with Crippen LogP contribution in [0.2, 0.25) is 0 Å². The first kappa shape index (κ1) is 11.5. The third-order valence-corrected chi connectivity index (χ3v) is 2.63. The lowest BCUT2D eigenvalue weighted by molar-refractivity contribution is 0.340. The topological polar surface area (TPSA) is 29.5 Å². The molecule has 0 aromatic heterocycles. The van der Waals surface area contributed by atoms with Gasteiger partial charge in [0.25, 0.3) is 0 Å². The van der Waals surface area contributed by atoms with Crippen molar-refractivity contribution in [3.8, 4) is 22.6 Å². The molecule has 0 aliphatic carbocycles. The molecule has 2 rings (SSSR count). The largest absolute Gasteiger partial charge is 0.507 e. The first-order valence-electron chi connectivity index (χ1n) is 5.73. The Morgan fingerprint density at radius 1 is 1.06 bits per heavy atom. The Kier molecular flexibility index (Phi) is 3.33. The van der Waals surface area contributed by atoms with Crippen molar-refractivity contribution < 1.29 is 9.84 Å². The third-order valence-electron chi connectivity index (χ3n) is 2.63. The predicted molar refractivity (Wildman–Crippen MR) is 69.4 cm³/mol. The Morgan fingerprint density at radius 2 is 1.76 bits per heavy atom. The quantitative estimate of drug-likeness (QED) is 0.866. The second kappa shape index (κ2) is 4.91. The Morgan fingerprint density at radius 3 is 2.41 bits per heavy atom. The first-order chi connectivity index (χ1) is 8.20. The summed E-state index contributed by atoms with van der Waals surface area (Å²) < 4.78 is 5.39. The number of rotatable bonds is 3. The summed E-state index contributed by atoms with van der Waals surface area (Å²) in [7, 11) is 0. The standard InChI is InChI=1S/C15H16O2/c1-3-17-13-7-5-12(6-8-13)14-10-11(2)4-9-15(14)16/h4-10,16H,3H2,1-2H3. The van der Waals surface area contributed by atoms with Crippen LogP contribution < -0.4 is 4.74 Å². The van der Waals surface area contributed by atoms with Crippen LogP contribution in [0.25, 0.3) is 11.1 Å². The third kappa shape index (κ3) is 2.59. The van der Waals surface area contributed by atoms with E-state index in [1.807, 2.05) is 50.2 Å². The summed E-state index contributed by atoms with van der Waals surface area (Å²) in [6, 6.07) is 13.3. The lowest BCUT2D eigenvalue weighted by Gasteiger charge is -2.07. The van der Waals surface area contributed by atoms with Crippen molar-refractivity contribution in [1.29, 1.82) is 0 Å². The highest BCUT2D eigenvalue weighted by molar-refractivity contribution is 5.71. The fraction of sp³-hybridized carbons (Fsp3) is 0.200. The van der Waals surface area contributed by atoms with Gasteiger partial charge >= 0.3 is 0 Å². The maximum absolute atomic E-state index is 9.83. The molecule has 0 bridgehead atoms. The van der Waals surface area contributed by atoms with E-state index in [0.29, 0.717) is 12.4 Å². The lowest BCUT2D eigenvalue weighted by Crippen LogP contribution is -1.90. The Balaban J connectivity index is 2.36. The molecule has 1 N–H and O–H groups in total. The first-order valence-corrected chi connectivity index (χ1v) is 5.73. The van der Waals surface area contributed by atoms with Crippen LogP contribution in [0, 0.1) is 6.92 Å². The van der Waals surface area contributed by atoms with Gasteiger partial charge in [0.15, 0.2) is 0 Å². The van der Waals surface area contributed by atoms with Crippen LogP contribution in [-0.2, 0) is 0 Å². The fourth-order valence-electron chi connectivity index (χ4n) is 1.78. The maximum atomic E-state index is 9.83. The van der Waals surface area contributed by atoms with Gasteiger partial charge in [0.1, 0.15) is 11.5 Å². The number of hydrogen-bond donors (Lipinski definition) is 1. The van der Waals surface area contributed by atoms with Crippen LogP contribution in [0.5, 0.6) is 11.5 Å². The molecule has 88 valence electrons. The molecule has 0 radical (unpaired) electrons. The van der Waals surface area contributed by atoms with Gasteiger partial charge in [0.05, 0.1) is 6.61 Å². The zero-order chi connectivity index (χ0) is 12.3. The molecular formula is C15H16O2. The van der Waals surface area contributed by atoms with Gasteiger partial charge in [-0.25, -0.2) is 0 Å². The summed E-state index contributed by atoms with van der Waals surface area (Å²) in [5.41, 5.74) is 2.98. The molecule has 0 saturated carbocycles. The molecule has 0 amide bonds. The van der Waals surface area contributed by atoms with Crippen molar-refractivity contribution in [2.75, 3.05) is 6.61 Å². The van der Waals surface area contributed by atoms with E-state index in [-0.39, 0.29) is 0 Å². The summed E-state index contributed by atoms with van der Waals surface area (Å²) >= 11 is 0. The predicted octanol–water partition coefficient (Wildman–Crippen LogP) is 3.77. The minimum absolute atomic E-state index is 0.305. The van der Waals surface area contributed by atoms with E-state index in [0.717, 1.165) is 22.4 Å². The van der Waals surface area contributed by atoms with E-state index in [9.17, 15) is 5.11 Å². The zero-order valence-electron chi connectivity index (χ0n) is 10.1. The molecule has 2 aromatic carbocycles. The molecule has 17 heavy (non-hydrogen) atoms. The molecule has 0 spiro atoms. The molecule has 0 fully saturated rings. The molecule has 2 heteroatoms. The summed E-state index contributed by atoms with van der Waals surface area (Å²) in [4.78, 5) is 0. The summed E-state index contributed by atoms with van der Waals surface area (Å²) in [6.45, 7) is 4.63. The van der Waals surface area contributed by atoms with Crippen LogP contribution >= 0.6 is 0 Å². The average Bonchev–Trinajstić information content (AvgIpc) is 2.34. The molecule has 0 unspecified atom stereocenters. The van der Waals surface area contributed by atoms with Crippen molar-refractivity contribution in [2.24, 2.45) is 0 Å². The van der Waals surface area contributed by atoms with Gasteiger partial charge in [-0.3, -0.25) is 0 Å². The van der Waals surface area contributed by atoms with Crippen molar-refractivity contribution in [3.05, 3.63) is 48.0 Å². The fourth-order valence-corrected chi connectivity index (χ4v) is 1.78. The number of phenols is 1. The summed E-state index contributed by atoms with van der Waals surface area (Å²) in [5, 5.41) is 9.83. The SMILES string of the molecule is CCOc1ccc(-c2cc(C)ccc2O)cc1. The van der Waals surface area contributed by atoms with Gasteiger partial charge in [-0.2, -0.15) is 0 Å². The Labute approximate surface area is 101 Å². The maximum Gasteiger partial charge on any atom is 0.123 e. The van der Waals surface area contributed by atoms with Crippen LogP contribution in [0.4, 0.5) is 0 Å². The minimum atomic E-state index is 0.305. The molecular weight excluding hydrogens is 212 g/mol. The van der Waals surface area contributed by atoms with Crippen LogP contribution in [0.15, 0.2) is 42.5 Å². The molecule has 0 atom stereocenters. The van der Waals surface area contributed by atoms with Gasteiger partial charge in [0.2, 0.25) is 0 Å². The number of aryl methyl sites for hydroxylation is 1. The average molecular weight is 228 g/mol. The second-order valence-corrected chi connectivity index (χ2v) is 3.98. The summed E-state index contributed by atoms with van der Waals surface area (Å²) in [5.74, 6) is 1.16. The van der Waals surface area contributed by atoms with Gasteiger partial charge < -0.3 is 9.84 Å². The highest BCUT2D eigenvalue weighted by Crippen LogP contribution is 2.30. The van der Waals surface area contributed by atoms with E-state index in [1.54, 1.807) is 6.07 Å². The molecule has 0 aliphatic heterocycles. The Hall–Kier alpha value is -1.96. The summed E-state index contributed by atoms with van der Waals surface area (Å²) in [6.07, 6.45) is 0. The van der Waals surface area contributed by atoms with Crippen molar-refractivity contribution in [3.63, 3.8) is 0 Å². The Bertz CT molecular complexity index is 501. The van der Waals surface area contributed by atoms with Crippen LogP contribution in [-0.4, -0.2) is 11.7 Å². The van der Waals surface area contributed by atoms with Gasteiger partial charge in [-0.15, -0.1) is 0 Å². The van der Waals surface area contributed by atoms with Gasteiger partial charge in [-0.05, 0) is 43.7 Å². The van der Waals surface area contributed by atoms with E-state index in [4.69, 9.17) is 4.74 Å². The molecule has 0 aliphatic rings. The second-order valence-electron chi connectivity index (χ2n) is 3.98. The zero-order valence-corrected chi connectivity index (χ0v) is 10.1. The van der Waals surface area contributed by atoms with Crippen molar-refractivity contribution in [1.82, 2.24) is 0 Å². The highest BCUT2D eigenvalue weighted by atomic mass is 16.5. The minimum Gasteiger partial charge on any atom is -0.507 e. The number of ether oxygens (including phenoxy) is 1. The molecule has 0 heterocycles. The molecule has 2 aromatic rings. The van der Waals surface area contributed by atoms with Crippen molar-refractivity contribution >= 4 is 0 Å².